The van der Waals surface area contributed by atoms with Crippen molar-refractivity contribution in [2.24, 2.45) is 0 Å². The molecule has 0 unspecified atom stereocenters. The summed E-state index contributed by atoms with van der Waals surface area (Å²) in [5.74, 6) is 0.0291. The number of aromatic nitrogens is 2. The molecule has 1 spiro atoms. The van der Waals surface area contributed by atoms with Crippen molar-refractivity contribution in [1.82, 2.24) is 14.9 Å². The smallest absolute Gasteiger partial charge is 0.270 e. The maximum absolute atomic E-state index is 12.9. The minimum absolute atomic E-state index is 0.0214. The average Bonchev–Trinajstić information content (AvgIpc) is 3.38. The molecule has 1 amide bonds. The van der Waals surface area contributed by atoms with E-state index in [0.29, 0.717) is 11.3 Å². The van der Waals surface area contributed by atoms with Gasteiger partial charge in [0.2, 0.25) is 0 Å². The van der Waals surface area contributed by atoms with Gasteiger partial charge in [-0.2, -0.15) is 0 Å². The van der Waals surface area contributed by atoms with Gasteiger partial charge in [0.1, 0.15) is 12.0 Å². The van der Waals surface area contributed by atoms with Crippen molar-refractivity contribution in [3.63, 3.8) is 0 Å². The first-order valence-electron chi connectivity index (χ1n) is 9.18. The summed E-state index contributed by atoms with van der Waals surface area (Å²) in [4.78, 5) is 22.2. The molecule has 5 rings (SSSR count). The Morgan fingerprint density at radius 2 is 2.15 bits per heavy atom. The summed E-state index contributed by atoms with van der Waals surface area (Å²) in [5.41, 5.74) is 4.02. The zero-order valence-electron chi connectivity index (χ0n) is 14.5. The van der Waals surface area contributed by atoms with Gasteiger partial charge in [0.25, 0.3) is 5.91 Å². The molecule has 134 valence electrons. The fourth-order valence-corrected chi connectivity index (χ4v) is 4.20. The molecular weight excluding hydrogens is 330 g/mol. The second kappa shape index (κ2) is 5.99. The van der Waals surface area contributed by atoms with E-state index in [2.05, 4.69) is 9.97 Å². The Morgan fingerprint density at radius 3 is 2.88 bits per heavy atom. The van der Waals surface area contributed by atoms with Crippen LogP contribution < -0.4 is 0 Å². The van der Waals surface area contributed by atoms with Crippen molar-refractivity contribution in [1.29, 1.82) is 0 Å². The highest BCUT2D eigenvalue weighted by molar-refractivity contribution is 6.00. The largest absolute Gasteiger partial charge is 0.462 e. The molecule has 1 N–H and O–H groups in total. The number of hydrogen-bond donors (Lipinski definition) is 1. The van der Waals surface area contributed by atoms with Crippen LogP contribution in [0.15, 0.2) is 41.3 Å². The first-order valence-corrected chi connectivity index (χ1v) is 9.18. The fraction of sp³-hybridized carbons (Fsp3) is 0.400. The summed E-state index contributed by atoms with van der Waals surface area (Å²) in [6.45, 7) is 2.35. The van der Waals surface area contributed by atoms with E-state index < -0.39 is 0 Å². The van der Waals surface area contributed by atoms with Crippen LogP contribution in [-0.2, 0) is 4.74 Å². The van der Waals surface area contributed by atoms with Crippen LogP contribution in [0.3, 0.4) is 0 Å². The van der Waals surface area contributed by atoms with Gasteiger partial charge in [0.15, 0.2) is 5.58 Å². The average molecular weight is 351 g/mol. The number of H-pyrrole nitrogens is 1. The number of nitrogens with one attached hydrogen (secondary N) is 1. The second-order valence-electron chi connectivity index (χ2n) is 7.24. The first kappa shape index (κ1) is 15.6. The number of fused-ring (bicyclic) bond motifs is 1. The molecule has 6 heteroatoms. The van der Waals surface area contributed by atoms with Crippen LogP contribution in [-0.4, -0.2) is 46.1 Å². The lowest BCUT2D eigenvalue weighted by molar-refractivity contribution is -0.0388. The lowest BCUT2D eigenvalue weighted by Crippen LogP contribution is -2.46. The van der Waals surface area contributed by atoms with Gasteiger partial charge in [-0.1, -0.05) is 6.07 Å². The van der Waals surface area contributed by atoms with Crippen LogP contribution >= 0.6 is 0 Å². The quantitative estimate of drug-likeness (QED) is 0.766. The van der Waals surface area contributed by atoms with Crippen LogP contribution in [0.4, 0.5) is 0 Å². The minimum atomic E-state index is 0.0214. The molecule has 5 heterocycles. The van der Waals surface area contributed by atoms with E-state index in [1.54, 1.807) is 24.7 Å². The molecule has 0 atom stereocenters. The molecule has 2 fully saturated rings. The Labute approximate surface area is 151 Å². The normalized spacial score (nSPS) is 19.5. The Morgan fingerprint density at radius 1 is 1.27 bits per heavy atom. The summed E-state index contributed by atoms with van der Waals surface area (Å²) < 4.78 is 11.6. The number of amides is 1. The zero-order valence-corrected chi connectivity index (χ0v) is 14.5. The van der Waals surface area contributed by atoms with E-state index in [1.807, 2.05) is 17.0 Å². The van der Waals surface area contributed by atoms with E-state index >= 15 is 0 Å². The van der Waals surface area contributed by atoms with E-state index in [9.17, 15) is 4.79 Å². The summed E-state index contributed by atoms with van der Waals surface area (Å²) in [7, 11) is 0. The Bertz CT molecular complexity index is 928. The molecular formula is C20H21N3O3. The SMILES string of the molecule is O=C(c1cc2occ(-c3cccnc3)c2[nH]1)N1CCC2(CCCO2)CC1. The number of ether oxygens (including phenoxy) is 1. The summed E-state index contributed by atoms with van der Waals surface area (Å²) in [5, 5.41) is 0. The van der Waals surface area contributed by atoms with Gasteiger partial charge in [0, 0.05) is 49.3 Å². The molecule has 0 radical (unpaired) electrons. The number of pyridine rings is 1. The molecule has 26 heavy (non-hydrogen) atoms. The van der Waals surface area contributed by atoms with Crippen LogP contribution in [0, 0.1) is 0 Å². The number of piperidine rings is 1. The van der Waals surface area contributed by atoms with Gasteiger partial charge in [-0.25, -0.2) is 0 Å². The van der Waals surface area contributed by atoms with E-state index in [-0.39, 0.29) is 11.5 Å². The van der Waals surface area contributed by atoms with Crippen LogP contribution in [0.2, 0.25) is 0 Å². The van der Waals surface area contributed by atoms with Gasteiger partial charge < -0.3 is 19.0 Å². The molecule has 0 aromatic carbocycles. The van der Waals surface area contributed by atoms with Crippen molar-refractivity contribution in [3.8, 4) is 11.1 Å². The van der Waals surface area contributed by atoms with Crippen LogP contribution in [0.1, 0.15) is 36.2 Å². The predicted octanol–water partition coefficient (Wildman–Crippen LogP) is 3.61. The third kappa shape index (κ3) is 2.52. The molecule has 2 aliphatic heterocycles. The van der Waals surface area contributed by atoms with Crippen molar-refractivity contribution in [3.05, 3.63) is 42.5 Å². The molecule has 0 aliphatic carbocycles. The van der Waals surface area contributed by atoms with Crippen LogP contribution in [0.25, 0.3) is 22.2 Å². The summed E-state index contributed by atoms with van der Waals surface area (Å²) in [6.07, 6.45) is 9.35. The molecule has 6 nitrogen and oxygen atoms in total. The maximum Gasteiger partial charge on any atom is 0.270 e. The Hall–Kier alpha value is -2.60. The van der Waals surface area contributed by atoms with Gasteiger partial charge in [-0.3, -0.25) is 9.78 Å². The lowest BCUT2D eigenvalue weighted by Gasteiger charge is -2.38. The zero-order chi connectivity index (χ0) is 17.6. The lowest BCUT2D eigenvalue weighted by atomic mass is 9.88. The second-order valence-corrected chi connectivity index (χ2v) is 7.24. The Balaban J connectivity index is 1.38. The topological polar surface area (TPSA) is 71.4 Å². The van der Waals surface area contributed by atoms with Gasteiger partial charge in [0.05, 0.1) is 11.1 Å². The number of nitrogens with zero attached hydrogens (tertiary/aromatic N) is 2. The van der Waals surface area contributed by atoms with Gasteiger partial charge in [-0.15, -0.1) is 0 Å². The summed E-state index contributed by atoms with van der Waals surface area (Å²) in [6, 6.07) is 5.66. The number of rotatable bonds is 2. The van der Waals surface area contributed by atoms with E-state index in [1.165, 1.54) is 0 Å². The standard InChI is InChI=1S/C20H21N3O3/c24-19(23-8-5-20(6-9-23)4-2-10-26-20)16-11-17-18(22-16)15(13-25-17)14-3-1-7-21-12-14/h1,3,7,11-13,22H,2,4-6,8-10H2. The maximum atomic E-state index is 12.9. The minimum Gasteiger partial charge on any atom is -0.462 e. The highest BCUT2D eigenvalue weighted by atomic mass is 16.5. The highest BCUT2D eigenvalue weighted by Gasteiger charge is 2.39. The van der Waals surface area contributed by atoms with Gasteiger partial charge >= 0.3 is 0 Å². The third-order valence-corrected chi connectivity index (χ3v) is 5.70. The monoisotopic (exact) mass is 351 g/mol. The van der Waals surface area contributed by atoms with E-state index in [4.69, 9.17) is 9.15 Å². The third-order valence-electron chi connectivity index (χ3n) is 5.70. The van der Waals surface area contributed by atoms with Crippen molar-refractivity contribution in [2.45, 2.75) is 31.3 Å². The number of carbonyl (C=O) groups excluding carboxylic acids is 1. The van der Waals surface area contributed by atoms with E-state index in [0.717, 1.165) is 62.0 Å². The van der Waals surface area contributed by atoms with Crippen molar-refractivity contribution < 1.29 is 13.9 Å². The Kier molecular flexibility index (Phi) is 3.60. The first-order chi connectivity index (χ1) is 12.7. The number of furan rings is 1. The van der Waals surface area contributed by atoms with Crippen molar-refractivity contribution in [2.75, 3.05) is 19.7 Å². The fourth-order valence-electron chi connectivity index (χ4n) is 4.20. The predicted molar refractivity (Wildman–Crippen MR) is 96.9 cm³/mol. The van der Waals surface area contributed by atoms with Gasteiger partial charge in [-0.05, 0) is 31.7 Å². The number of aromatic amines is 1. The molecule has 2 aliphatic rings. The number of likely N-dealkylation sites (tertiary alicyclic amines) is 1. The summed E-state index contributed by atoms with van der Waals surface area (Å²) >= 11 is 0. The molecule has 0 bridgehead atoms. The van der Waals surface area contributed by atoms with Crippen LogP contribution in [0.5, 0.6) is 0 Å². The molecule has 3 aromatic heterocycles. The molecule has 2 saturated heterocycles. The number of hydrogen-bond acceptors (Lipinski definition) is 4. The molecule has 3 aromatic rings. The highest BCUT2D eigenvalue weighted by Crippen LogP contribution is 2.36. The van der Waals surface area contributed by atoms with Crippen molar-refractivity contribution >= 4 is 17.0 Å². The molecule has 0 saturated carbocycles. The number of carbonyl (C=O) groups is 1.